The number of unbranched alkanes of at least 4 members (excludes halogenated alkanes) is 2. The Balaban J connectivity index is 1.34. The number of hydrogen-bond acceptors (Lipinski definition) is 1. The van der Waals surface area contributed by atoms with E-state index in [1.54, 1.807) is 12.1 Å². The molecular formula is C27H40F4O. The van der Waals surface area contributed by atoms with Crippen LogP contribution >= 0.6 is 0 Å². The minimum atomic E-state index is -4.45. The van der Waals surface area contributed by atoms with Crippen molar-refractivity contribution in [3.63, 3.8) is 0 Å². The highest BCUT2D eigenvalue weighted by Crippen LogP contribution is 2.41. The third-order valence-corrected chi connectivity index (χ3v) is 7.87. The number of rotatable bonds is 11. The molecule has 0 unspecified atom stereocenters. The molecule has 2 aliphatic carbocycles. The highest BCUT2D eigenvalue weighted by Gasteiger charge is 2.44. The Morgan fingerprint density at radius 3 is 1.78 bits per heavy atom. The number of hydrogen-bond donors (Lipinski definition) is 0. The summed E-state index contributed by atoms with van der Waals surface area (Å²) in [5, 5.41) is 0. The molecule has 0 saturated heterocycles. The zero-order valence-electron chi connectivity index (χ0n) is 19.5. The first-order valence-electron chi connectivity index (χ1n) is 12.8. The molecular weight excluding hydrogens is 416 g/mol. The molecule has 1 nitrogen and oxygen atoms in total. The van der Waals surface area contributed by atoms with Gasteiger partial charge in [-0.25, -0.2) is 0 Å². The van der Waals surface area contributed by atoms with Gasteiger partial charge in [0.05, 0.1) is 0 Å². The second-order valence-corrected chi connectivity index (χ2v) is 10.2. The first kappa shape index (κ1) is 25.4. The minimum absolute atomic E-state index is 0.215. The second kappa shape index (κ2) is 12.3. The fourth-order valence-electron chi connectivity index (χ4n) is 5.76. The van der Waals surface area contributed by atoms with Crippen LogP contribution in [0.5, 0.6) is 5.75 Å². The Labute approximate surface area is 191 Å². The molecule has 32 heavy (non-hydrogen) atoms. The van der Waals surface area contributed by atoms with Crippen LogP contribution in [0.15, 0.2) is 24.3 Å². The van der Waals surface area contributed by atoms with Crippen LogP contribution in [0.25, 0.3) is 0 Å². The van der Waals surface area contributed by atoms with E-state index >= 15 is 0 Å². The van der Waals surface area contributed by atoms with Crippen LogP contribution in [0.3, 0.4) is 0 Å². The van der Waals surface area contributed by atoms with Crippen molar-refractivity contribution in [2.45, 2.75) is 115 Å². The molecule has 0 N–H and O–H groups in total. The molecule has 0 amide bonds. The zero-order valence-corrected chi connectivity index (χ0v) is 19.5. The lowest BCUT2D eigenvalue weighted by Gasteiger charge is -2.32. The average Bonchev–Trinajstić information content (AvgIpc) is 2.79. The quantitative estimate of drug-likeness (QED) is 0.238. The van der Waals surface area contributed by atoms with E-state index in [0.29, 0.717) is 5.92 Å². The Hall–Kier alpha value is -1.26. The number of alkyl halides is 4. The lowest BCUT2D eigenvalue weighted by molar-refractivity contribution is -0.253. The Morgan fingerprint density at radius 2 is 1.28 bits per heavy atom. The zero-order chi connectivity index (χ0) is 23.0. The van der Waals surface area contributed by atoms with Crippen LogP contribution in [0, 0.1) is 17.8 Å². The first-order valence-corrected chi connectivity index (χ1v) is 12.8. The highest BCUT2D eigenvalue weighted by molar-refractivity contribution is 5.30. The maximum Gasteiger partial charge on any atom is 0.461 e. The van der Waals surface area contributed by atoms with Gasteiger partial charge in [0.15, 0.2) is 0 Å². The van der Waals surface area contributed by atoms with Gasteiger partial charge < -0.3 is 4.74 Å². The van der Waals surface area contributed by atoms with Crippen LogP contribution < -0.4 is 4.74 Å². The summed E-state index contributed by atoms with van der Waals surface area (Å²) in [6.07, 6.45) is 10.4. The molecule has 182 valence electrons. The summed E-state index contributed by atoms with van der Waals surface area (Å²) in [6.45, 7) is 2.28. The molecule has 2 fully saturated rings. The van der Waals surface area contributed by atoms with Gasteiger partial charge in [-0.3, -0.25) is 0 Å². The summed E-state index contributed by atoms with van der Waals surface area (Å²) >= 11 is 0. The van der Waals surface area contributed by atoms with E-state index in [4.69, 9.17) is 0 Å². The molecule has 0 bridgehead atoms. The van der Waals surface area contributed by atoms with Gasteiger partial charge in [-0.1, -0.05) is 83.3 Å². The first-order chi connectivity index (χ1) is 15.4. The Bertz CT molecular complexity index is 644. The van der Waals surface area contributed by atoms with Gasteiger partial charge in [-0.15, -0.1) is 0 Å². The SMILES string of the molecule is CCCCC[C@H]1CC[C@H](CC[C@H]2CC[C@H](c3ccc(OC(F)(F)C(F)F)cc3)CC2)CC1. The van der Waals surface area contributed by atoms with Crippen molar-refractivity contribution in [3.8, 4) is 5.75 Å². The van der Waals surface area contributed by atoms with E-state index in [-0.39, 0.29) is 5.75 Å². The molecule has 2 aliphatic rings. The molecule has 5 heteroatoms. The van der Waals surface area contributed by atoms with E-state index < -0.39 is 12.5 Å². The van der Waals surface area contributed by atoms with Gasteiger partial charge in [0, 0.05) is 0 Å². The third kappa shape index (κ3) is 7.66. The normalized spacial score (nSPS) is 26.9. The van der Waals surface area contributed by atoms with Crippen LogP contribution in [-0.4, -0.2) is 12.5 Å². The summed E-state index contributed by atoms with van der Waals surface area (Å²) in [6, 6.07) is 6.27. The Kier molecular flexibility index (Phi) is 9.73. The monoisotopic (exact) mass is 456 g/mol. The molecule has 0 heterocycles. The molecule has 1 aromatic carbocycles. The molecule has 0 aliphatic heterocycles. The molecule has 0 atom stereocenters. The van der Waals surface area contributed by atoms with Crippen molar-refractivity contribution in [3.05, 3.63) is 29.8 Å². The average molecular weight is 457 g/mol. The molecule has 0 radical (unpaired) electrons. The number of benzene rings is 1. The van der Waals surface area contributed by atoms with Crippen LogP contribution in [0.1, 0.15) is 108 Å². The van der Waals surface area contributed by atoms with E-state index in [1.165, 1.54) is 89.2 Å². The van der Waals surface area contributed by atoms with Crippen molar-refractivity contribution >= 4 is 0 Å². The van der Waals surface area contributed by atoms with Gasteiger partial charge in [-0.2, -0.15) is 17.6 Å². The lowest BCUT2D eigenvalue weighted by atomic mass is 9.74. The summed E-state index contributed by atoms with van der Waals surface area (Å²) in [5.41, 5.74) is 1.09. The molecule has 0 spiro atoms. The van der Waals surface area contributed by atoms with E-state index in [9.17, 15) is 17.6 Å². The predicted molar refractivity (Wildman–Crippen MR) is 122 cm³/mol. The lowest BCUT2D eigenvalue weighted by Crippen LogP contribution is -2.33. The Morgan fingerprint density at radius 1 is 0.781 bits per heavy atom. The van der Waals surface area contributed by atoms with Crippen molar-refractivity contribution in [2.75, 3.05) is 0 Å². The highest BCUT2D eigenvalue weighted by atomic mass is 19.3. The second-order valence-electron chi connectivity index (χ2n) is 10.2. The van der Waals surface area contributed by atoms with Crippen LogP contribution in [0.2, 0.25) is 0 Å². The number of halogens is 4. The fraction of sp³-hybridized carbons (Fsp3) is 0.778. The van der Waals surface area contributed by atoms with E-state index in [1.807, 2.05) is 0 Å². The summed E-state index contributed by atoms with van der Waals surface area (Å²) in [4.78, 5) is 0. The van der Waals surface area contributed by atoms with Crippen molar-refractivity contribution in [1.29, 1.82) is 0 Å². The predicted octanol–water partition coefficient (Wildman–Crippen LogP) is 9.36. The van der Waals surface area contributed by atoms with Gasteiger partial charge in [-0.05, 0) is 67.1 Å². The maximum absolute atomic E-state index is 13.0. The van der Waals surface area contributed by atoms with Gasteiger partial charge in [0.1, 0.15) is 5.75 Å². The maximum atomic E-state index is 13.0. The van der Waals surface area contributed by atoms with Gasteiger partial charge in [0.25, 0.3) is 0 Å². The van der Waals surface area contributed by atoms with Crippen molar-refractivity contribution in [1.82, 2.24) is 0 Å². The fourth-order valence-corrected chi connectivity index (χ4v) is 5.76. The van der Waals surface area contributed by atoms with E-state index in [0.717, 1.165) is 36.2 Å². The van der Waals surface area contributed by atoms with Gasteiger partial charge >= 0.3 is 12.5 Å². The van der Waals surface area contributed by atoms with Crippen molar-refractivity contribution in [2.24, 2.45) is 17.8 Å². The summed E-state index contributed by atoms with van der Waals surface area (Å²) in [5.74, 6) is 2.92. The topological polar surface area (TPSA) is 9.23 Å². The largest absolute Gasteiger partial charge is 0.461 e. The van der Waals surface area contributed by atoms with E-state index in [2.05, 4.69) is 11.7 Å². The summed E-state index contributed by atoms with van der Waals surface area (Å²) in [7, 11) is 0. The van der Waals surface area contributed by atoms with Crippen LogP contribution in [-0.2, 0) is 0 Å². The molecule has 2 saturated carbocycles. The minimum Gasteiger partial charge on any atom is -0.428 e. The third-order valence-electron chi connectivity index (χ3n) is 7.87. The van der Waals surface area contributed by atoms with Crippen LogP contribution in [0.4, 0.5) is 17.6 Å². The molecule has 1 aromatic rings. The standard InChI is InChI=1S/C27H40F4O/c1-2-3-4-5-20-6-8-21(9-7-20)10-11-22-12-14-23(15-13-22)24-16-18-25(19-17-24)32-27(30,31)26(28)29/h16-23,26H,2-15H2,1H3/t20-,21-,22-,23-. The van der Waals surface area contributed by atoms with Crippen molar-refractivity contribution < 1.29 is 22.3 Å². The smallest absolute Gasteiger partial charge is 0.428 e. The van der Waals surface area contributed by atoms with Gasteiger partial charge in [0.2, 0.25) is 0 Å². The number of ether oxygens (including phenoxy) is 1. The molecule has 3 rings (SSSR count). The summed E-state index contributed by atoms with van der Waals surface area (Å²) < 4.78 is 54.8. The molecule has 0 aromatic heterocycles.